The van der Waals surface area contributed by atoms with Crippen LogP contribution in [0.2, 0.25) is 5.02 Å². The molecule has 0 bridgehead atoms. The molecule has 0 radical (unpaired) electrons. The maximum Gasteiger partial charge on any atom is 0.161 e. The molecule has 0 atom stereocenters. The minimum absolute atomic E-state index is 0.0520. The summed E-state index contributed by atoms with van der Waals surface area (Å²) in [4.78, 5) is 4.05. The summed E-state index contributed by atoms with van der Waals surface area (Å²) in [7, 11) is 0. The molecule has 2 rings (SSSR count). The van der Waals surface area contributed by atoms with Gasteiger partial charge in [0.1, 0.15) is 17.9 Å². The van der Waals surface area contributed by atoms with Crippen LogP contribution in [0.5, 0.6) is 5.75 Å². The molecule has 0 unspecified atom stereocenters. The van der Waals surface area contributed by atoms with Gasteiger partial charge >= 0.3 is 0 Å². The molecule has 0 saturated heterocycles. The fraction of sp³-hybridized carbons (Fsp3) is 0.273. The highest BCUT2D eigenvalue weighted by Crippen LogP contribution is 2.32. The van der Waals surface area contributed by atoms with E-state index in [2.05, 4.69) is 10.1 Å². The number of aromatic nitrogens is 3. The van der Waals surface area contributed by atoms with Gasteiger partial charge in [0.05, 0.1) is 10.6 Å². The Labute approximate surface area is 103 Å². The highest BCUT2D eigenvalue weighted by atomic mass is 35.5. The Balaban J connectivity index is 2.52. The molecular formula is C11H11ClFN3O. The van der Waals surface area contributed by atoms with Crippen LogP contribution >= 0.6 is 11.6 Å². The van der Waals surface area contributed by atoms with Crippen molar-refractivity contribution in [2.75, 3.05) is 0 Å². The number of phenols is 1. The van der Waals surface area contributed by atoms with E-state index < -0.39 is 5.82 Å². The molecule has 0 aliphatic carbocycles. The third-order valence-corrected chi connectivity index (χ3v) is 2.62. The summed E-state index contributed by atoms with van der Waals surface area (Å²) in [6.07, 6.45) is 2.27. The monoisotopic (exact) mass is 255 g/mol. The van der Waals surface area contributed by atoms with Gasteiger partial charge in [0.15, 0.2) is 5.82 Å². The molecule has 0 saturated carbocycles. The van der Waals surface area contributed by atoms with E-state index in [-0.39, 0.29) is 10.8 Å². The fourth-order valence-electron chi connectivity index (χ4n) is 1.56. The van der Waals surface area contributed by atoms with Gasteiger partial charge in [0, 0.05) is 12.6 Å². The van der Waals surface area contributed by atoms with Crippen molar-refractivity contribution in [3.63, 3.8) is 0 Å². The van der Waals surface area contributed by atoms with Gasteiger partial charge in [-0.1, -0.05) is 18.5 Å². The molecule has 90 valence electrons. The lowest BCUT2D eigenvalue weighted by atomic mass is 10.2. The van der Waals surface area contributed by atoms with Gasteiger partial charge in [0.2, 0.25) is 0 Å². The van der Waals surface area contributed by atoms with Crippen LogP contribution in [-0.4, -0.2) is 19.9 Å². The number of rotatable bonds is 3. The van der Waals surface area contributed by atoms with Gasteiger partial charge in [-0.2, -0.15) is 5.10 Å². The Hall–Kier alpha value is -1.62. The standard InChI is InChI=1S/C11H11ClFN3O/c1-2-3-16-11(14-6-15-16)7-4-8(12)9(13)5-10(7)17/h4-6,17H,2-3H2,1H3. The lowest BCUT2D eigenvalue weighted by Gasteiger charge is -2.07. The Morgan fingerprint density at radius 3 is 2.94 bits per heavy atom. The lowest BCUT2D eigenvalue weighted by molar-refractivity contribution is 0.469. The van der Waals surface area contributed by atoms with Crippen molar-refractivity contribution in [1.82, 2.24) is 14.8 Å². The minimum Gasteiger partial charge on any atom is -0.507 e. The van der Waals surface area contributed by atoms with E-state index in [4.69, 9.17) is 11.6 Å². The van der Waals surface area contributed by atoms with Crippen molar-refractivity contribution in [3.8, 4) is 17.1 Å². The number of aromatic hydroxyl groups is 1. The first-order valence-electron chi connectivity index (χ1n) is 5.19. The number of phenolic OH excluding ortho intramolecular Hbond substituents is 1. The molecule has 1 heterocycles. The smallest absolute Gasteiger partial charge is 0.161 e. The van der Waals surface area contributed by atoms with Crippen LogP contribution in [0.4, 0.5) is 4.39 Å². The lowest BCUT2D eigenvalue weighted by Crippen LogP contribution is -2.02. The van der Waals surface area contributed by atoms with Gasteiger partial charge in [0.25, 0.3) is 0 Å². The maximum absolute atomic E-state index is 13.1. The van der Waals surface area contributed by atoms with E-state index in [1.165, 1.54) is 12.4 Å². The van der Waals surface area contributed by atoms with Crippen molar-refractivity contribution in [2.24, 2.45) is 0 Å². The normalized spacial score (nSPS) is 10.8. The highest BCUT2D eigenvalue weighted by molar-refractivity contribution is 6.31. The zero-order valence-corrected chi connectivity index (χ0v) is 9.95. The summed E-state index contributed by atoms with van der Waals surface area (Å²) in [5, 5.41) is 13.7. The molecule has 17 heavy (non-hydrogen) atoms. The molecular weight excluding hydrogens is 245 g/mol. The highest BCUT2D eigenvalue weighted by Gasteiger charge is 2.14. The predicted octanol–water partition coefficient (Wildman–Crippen LogP) is 2.85. The number of halogens is 2. The average molecular weight is 256 g/mol. The summed E-state index contributed by atoms with van der Waals surface area (Å²) >= 11 is 5.69. The second-order valence-electron chi connectivity index (χ2n) is 3.59. The molecule has 0 aliphatic heterocycles. The number of hydrogen-bond acceptors (Lipinski definition) is 3. The molecule has 1 aromatic carbocycles. The van der Waals surface area contributed by atoms with Crippen LogP contribution in [-0.2, 0) is 6.54 Å². The maximum atomic E-state index is 13.1. The largest absolute Gasteiger partial charge is 0.507 e. The van der Waals surface area contributed by atoms with Crippen molar-refractivity contribution < 1.29 is 9.50 Å². The first-order valence-corrected chi connectivity index (χ1v) is 5.57. The molecule has 0 amide bonds. The van der Waals surface area contributed by atoms with E-state index in [1.807, 2.05) is 6.92 Å². The molecule has 0 fully saturated rings. The van der Waals surface area contributed by atoms with Crippen LogP contribution in [0.3, 0.4) is 0 Å². The summed E-state index contributed by atoms with van der Waals surface area (Å²) < 4.78 is 14.8. The molecule has 0 spiro atoms. The Kier molecular flexibility index (Phi) is 3.28. The van der Waals surface area contributed by atoms with Crippen LogP contribution in [0.15, 0.2) is 18.5 Å². The third kappa shape index (κ3) is 2.24. The summed E-state index contributed by atoms with van der Waals surface area (Å²) in [5.74, 6) is -0.377. The Morgan fingerprint density at radius 2 is 2.24 bits per heavy atom. The number of aryl methyl sites for hydroxylation is 1. The SMILES string of the molecule is CCCn1ncnc1-c1cc(Cl)c(F)cc1O. The molecule has 1 aromatic heterocycles. The second-order valence-corrected chi connectivity index (χ2v) is 4.00. The van der Waals surface area contributed by atoms with Gasteiger partial charge in [-0.3, -0.25) is 0 Å². The van der Waals surface area contributed by atoms with E-state index in [0.29, 0.717) is 17.9 Å². The topological polar surface area (TPSA) is 50.9 Å². The first-order chi connectivity index (χ1) is 8.13. The number of hydrogen-bond donors (Lipinski definition) is 1. The zero-order chi connectivity index (χ0) is 12.4. The van der Waals surface area contributed by atoms with Crippen LogP contribution < -0.4 is 0 Å². The van der Waals surface area contributed by atoms with Crippen LogP contribution in [0.1, 0.15) is 13.3 Å². The molecule has 6 heteroatoms. The quantitative estimate of drug-likeness (QED) is 0.918. The van der Waals surface area contributed by atoms with Crippen LogP contribution in [0.25, 0.3) is 11.4 Å². The summed E-state index contributed by atoms with van der Waals surface area (Å²) in [6, 6.07) is 2.32. The van der Waals surface area contributed by atoms with E-state index in [0.717, 1.165) is 12.5 Å². The Bertz CT molecular complexity index is 542. The second kappa shape index (κ2) is 4.71. The van der Waals surface area contributed by atoms with Gasteiger partial charge in [-0.25, -0.2) is 14.1 Å². The summed E-state index contributed by atoms with van der Waals surface area (Å²) in [6.45, 7) is 2.67. The molecule has 4 nitrogen and oxygen atoms in total. The van der Waals surface area contributed by atoms with Crippen molar-refractivity contribution in [2.45, 2.75) is 19.9 Å². The average Bonchev–Trinajstić information content (AvgIpc) is 2.72. The van der Waals surface area contributed by atoms with Crippen molar-refractivity contribution in [1.29, 1.82) is 0 Å². The third-order valence-electron chi connectivity index (χ3n) is 2.33. The zero-order valence-electron chi connectivity index (χ0n) is 9.19. The van der Waals surface area contributed by atoms with E-state index >= 15 is 0 Å². The molecule has 0 aliphatic rings. The fourth-order valence-corrected chi connectivity index (χ4v) is 1.73. The minimum atomic E-state index is -0.658. The van der Waals surface area contributed by atoms with Gasteiger partial charge in [-0.05, 0) is 12.5 Å². The number of benzene rings is 1. The predicted molar refractivity (Wildman–Crippen MR) is 62.4 cm³/mol. The number of nitrogens with zero attached hydrogens (tertiary/aromatic N) is 3. The van der Waals surface area contributed by atoms with E-state index in [1.54, 1.807) is 4.68 Å². The van der Waals surface area contributed by atoms with E-state index in [9.17, 15) is 9.50 Å². The van der Waals surface area contributed by atoms with Gasteiger partial charge in [-0.15, -0.1) is 0 Å². The first kappa shape index (κ1) is 11.9. The molecule has 1 N–H and O–H groups in total. The molecule has 2 aromatic rings. The Morgan fingerprint density at radius 1 is 1.47 bits per heavy atom. The van der Waals surface area contributed by atoms with Crippen molar-refractivity contribution in [3.05, 3.63) is 29.3 Å². The summed E-state index contributed by atoms with van der Waals surface area (Å²) in [5.41, 5.74) is 0.377. The van der Waals surface area contributed by atoms with Gasteiger partial charge < -0.3 is 5.11 Å². The van der Waals surface area contributed by atoms with Crippen molar-refractivity contribution >= 4 is 11.6 Å². The van der Waals surface area contributed by atoms with Crippen LogP contribution in [0, 0.1) is 5.82 Å².